The second-order valence-electron chi connectivity index (χ2n) is 3.90. The van der Waals surface area contributed by atoms with Crippen molar-refractivity contribution in [2.24, 2.45) is 5.73 Å². The van der Waals surface area contributed by atoms with Crippen LogP contribution in [-0.2, 0) is 0 Å². The summed E-state index contributed by atoms with van der Waals surface area (Å²) in [5.74, 6) is 1.69. The lowest BCUT2D eigenvalue weighted by atomic mass is 10.2. The minimum absolute atomic E-state index is 0.356. The Bertz CT molecular complexity index is 563. The zero-order valence-electron chi connectivity index (χ0n) is 10.8. The summed E-state index contributed by atoms with van der Waals surface area (Å²) in [4.78, 5) is 12.8. The van der Waals surface area contributed by atoms with E-state index >= 15 is 0 Å². The van der Waals surface area contributed by atoms with E-state index in [0.29, 0.717) is 23.9 Å². The van der Waals surface area contributed by atoms with Crippen LogP contribution in [0.2, 0.25) is 0 Å². The van der Waals surface area contributed by atoms with Gasteiger partial charge in [0.05, 0.1) is 12.3 Å². The van der Waals surface area contributed by atoms with E-state index in [-0.39, 0.29) is 0 Å². The average Bonchev–Trinajstić information content (AvgIpc) is 2.78. The van der Waals surface area contributed by atoms with E-state index in [4.69, 9.17) is 15.0 Å². The molecule has 6 nitrogen and oxygen atoms in total. The standard InChI is InChI=1S/C13H15N3O3/c1-3-18-11-6-4-10(5-7-11)16(13(14)17)12-8-9(2)19-15-12/h4-8H,3H2,1-2H3,(H2,14,17). The molecule has 0 fully saturated rings. The highest BCUT2D eigenvalue weighted by atomic mass is 16.5. The number of carbonyl (C=O) groups is 1. The van der Waals surface area contributed by atoms with E-state index in [0.717, 1.165) is 5.75 Å². The van der Waals surface area contributed by atoms with Crippen molar-refractivity contribution in [3.8, 4) is 5.75 Å². The molecule has 2 rings (SSSR count). The van der Waals surface area contributed by atoms with E-state index < -0.39 is 6.03 Å². The zero-order chi connectivity index (χ0) is 13.8. The number of aryl methyl sites for hydroxylation is 1. The fraction of sp³-hybridized carbons (Fsp3) is 0.231. The predicted molar refractivity (Wildman–Crippen MR) is 70.6 cm³/mol. The third-order valence-corrected chi connectivity index (χ3v) is 2.47. The van der Waals surface area contributed by atoms with Crippen LogP contribution in [0.3, 0.4) is 0 Å². The topological polar surface area (TPSA) is 81.6 Å². The van der Waals surface area contributed by atoms with Gasteiger partial charge in [0.2, 0.25) is 0 Å². The van der Waals surface area contributed by atoms with Gasteiger partial charge in [-0.3, -0.25) is 0 Å². The van der Waals surface area contributed by atoms with Crippen molar-refractivity contribution >= 4 is 17.5 Å². The molecule has 0 radical (unpaired) electrons. The summed E-state index contributed by atoms with van der Waals surface area (Å²) in [7, 11) is 0. The molecule has 6 heteroatoms. The van der Waals surface area contributed by atoms with Crippen molar-refractivity contribution in [3.63, 3.8) is 0 Å². The summed E-state index contributed by atoms with van der Waals surface area (Å²) in [6, 6.07) is 8.02. The molecule has 1 aromatic heterocycles. The highest BCUT2D eigenvalue weighted by Gasteiger charge is 2.18. The van der Waals surface area contributed by atoms with Gasteiger partial charge in [-0.2, -0.15) is 0 Å². The van der Waals surface area contributed by atoms with E-state index in [9.17, 15) is 4.79 Å². The number of benzene rings is 1. The van der Waals surface area contributed by atoms with Crippen LogP contribution in [0.1, 0.15) is 12.7 Å². The van der Waals surface area contributed by atoms with Crippen molar-refractivity contribution in [2.45, 2.75) is 13.8 Å². The first-order chi connectivity index (χ1) is 9.11. The van der Waals surface area contributed by atoms with Crippen molar-refractivity contribution in [3.05, 3.63) is 36.1 Å². The van der Waals surface area contributed by atoms with Crippen molar-refractivity contribution in [1.29, 1.82) is 0 Å². The number of anilines is 2. The fourth-order valence-corrected chi connectivity index (χ4v) is 1.69. The number of urea groups is 1. The Morgan fingerprint density at radius 3 is 2.58 bits per heavy atom. The van der Waals surface area contributed by atoms with Crippen LogP contribution in [0, 0.1) is 6.92 Å². The van der Waals surface area contributed by atoms with Crippen molar-refractivity contribution < 1.29 is 14.1 Å². The molecule has 0 unspecified atom stereocenters. The number of amides is 2. The maximum atomic E-state index is 11.6. The number of nitrogens with two attached hydrogens (primary N) is 1. The second kappa shape index (κ2) is 5.43. The van der Waals surface area contributed by atoms with E-state index in [2.05, 4.69) is 5.16 Å². The Kier molecular flexibility index (Phi) is 3.70. The summed E-state index contributed by atoms with van der Waals surface area (Å²) in [5, 5.41) is 3.79. The SMILES string of the molecule is CCOc1ccc(N(C(N)=O)c2cc(C)on2)cc1. The Hall–Kier alpha value is -2.50. The molecule has 0 saturated heterocycles. The van der Waals surface area contributed by atoms with Gasteiger partial charge in [-0.1, -0.05) is 5.16 Å². The van der Waals surface area contributed by atoms with Crippen LogP contribution in [-0.4, -0.2) is 17.8 Å². The Balaban J connectivity index is 2.31. The molecule has 2 N–H and O–H groups in total. The summed E-state index contributed by atoms with van der Waals surface area (Å²) in [6.07, 6.45) is 0. The van der Waals surface area contributed by atoms with Gasteiger partial charge in [0.25, 0.3) is 0 Å². The maximum Gasteiger partial charge on any atom is 0.325 e. The van der Waals surface area contributed by atoms with Gasteiger partial charge in [0, 0.05) is 6.07 Å². The lowest BCUT2D eigenvalue weighted by Crippen LogP contribution is -2.31. The van der Waals surface area contributed by atoms with Crippen molar-refractivity contribution in [1.82, 2.24) is 5.16 Å². The molecule has 1 aromatic carbocycles. The molecular weight excluding hydrogens is 246 g/mol. The second-order valence-corrected chi connectivity index (χ2v) is 3.90. The minimum Gasteiger partial charge on any atom is -0.494 e. The number of hydrogen-bond donors (Lipinski definition) is 1. The van der Waals surface area contributed by atoms with E-state index in [1.165, 1.54) is 4.90 Å². The van der Waals surface area contributed by atoms with Gasteiger partial charge >= 0.3 is 6.03 Å². The summed E-state index contributed by atoms with van der Waals surface area (Å²) < 4.78 is 10.3. The van der Waals surface area contributed by atoms with Gasteiger partial charge in [0.1, 0.15) is 11.5 Å². The molecule has 0 bridgehead atoms. The number of rotatable bonds is 4. The Morgan fingerprint density at radius 2 is 2.11 bits per heavy atom. The highest BCUT2D eigenvalue weighted by molar-refractivity contribution is 5.97. The molecule has 0 saturated carbocycles. The smallest absolute Gasteiger partial charge is 0.325 e. The fourth-order valence-electron chi connectivity index (χ4n) is 1.69. The van der Waals surface area contributed by atoms with E-state index in [1.807, 2.05) is 6.92 Å². The third-order valence-electron chi connectivity index (χ3n) is 2.47. The lowest BCUT2D eigenvalue weighted by Gasteiger charge is -2.17. The van der Waals surface area contributed by atoms with Gasteiger partial charge in [-0.15, -0.1) is 0 Å². The van der Waals surface area contributed by atoms with Crippen LogP contribution in [0.4, 0.5) is 16.3 Å². The summed E-state index contributed by atoms with van der Waals surface area (Å²) in [6.45, 7) is 4.23. The monoisotopic (exact) mass is 261 g/mol. The van der Waals surface area contributed by atoms with Crippen LogP contribution < -0.4 is 15.4 Å². The predicted octanol–water partition coefficient (Wildman–Crippen LogP) is 2.60. The molecule has 19 heavy (non-hydrogen) atoms. The molecule has 2 amide bonds. The average molecular weight is 261 g/mol. The van der Waals surface area contributed by atoms with Crippen LogP contribution in [0.15, 0.2) is 34.9 Å². The molecule has 2 aromatic rings. The summed E-state index contributed by atoms with van der Waals surface area (Å²) in [5.41, 5.74) is 5.98. The maximum absolute atomic E-state index is 11.6. The number of carbonyl (C=O) groups excluding carboxylic acids is 1. The largest absolute Gasteiger partial charge is 0.494 e. The quantitative estimate of drug-likeness (QED) is 0.917. The minimum atomic E-state index is -0.627. The van der Waals surface area contributed by atoms with E-state index in [1.54, 1.807) is 37.3 Å². The Labute approximate surface area is 110 Å². The van der Waals surface area contributed by atoms with Gasteiger partial charge in [-0.05, 0) is 38.1 Å². The number of ether oxygens (including phenoxy) is 1. The molecule has 0 atom stereocenters. The van der Waals surface area contributed by atoms with Crippen molar-refractivity contribution in [2.75, 3.05) is 11.5 Å². The third kappa shape index (κ3) is 2.85. The number of nitrogens with zero attached hydrogens (tertiary/aromatic N) is 2. The summed E-state index contributed by atoms with van der Waals surface area (Å²) >= 11 is 0. The van der Waals surface area contributed by atoms with Gasteiger partial charge in [-0.25, -0.2) is 9.69 Å². The van der Waals surface area contributed by atoms with Gasteiger partial charge < -0.3 is 15.0 Å². The zero-order valence-corrected chi connectivity index (χ0v) is 10.8. The lowest BCUT2D eigenvalue weighted by molar-refractivity contribution is 0.255. The highest BCUT2D eigenvalue weighted by Crippen LogP contribution is 2.26. The number of primary amides is 1. The molecule has 0 aliphatic heterocycles. The molecular formula is C13H15N3O3. The first kappa shape index (κ1) is 12.9. The van der Waals surface area contributed by atoms with Crippen LogP contribution in [0.25, 0.3) is 0 Å². The number of hydrogen-bond acceptors (Lipinski definition) is 4. The molecule has 0 aliphatic rings. The molecule has 1 heterocycles. The molecule has 0 aliphatic carbocycles. The normalized spacial score (nSPS) is 10.2. The van der Waals surface area contributed by atoms with Gasteiger partial charge in [0.15, 0.2) is 5.82 Å². The molecule has 100 valence electrons. The molecule has 0 spiro atoms. The first-order valence-corrected chi connectivity index (χ1v) is 5.87. The number of aromatic nitrogens is 1. The Morgan fingerprint density at radius 1 is 1.42 bits per heavy atom. The van der Waals surface area contributed by atoms with Crippen LogP contribution >= 0.6 is 0 Å². The van der Waals surface area contributed by atoms with Crippen LogP contribution in [0.5, 0.6) is 5.75 Å². The first-order valence-electron chi connectivity index (χ1n) is 5.87.